The van der Waals surface area contributed by atoms with E-state index in [1.54, 1.807) is 19.2 Å². The summed E-state index contributed by atoms with van der Waals surface area (Å²) in [5.41, 5.74) is 0.928. The van der Waals surface area contributed by atoms with Gasteiger partial charge in [0.1, 0.15) is 6.04 Å². The van der Waals surface area contributed by atoms with Gasteiger partial charge in [-0.15, -0.1) is 0 Å². The van der Waals surface area contributed by atoms with Gasteiger partial charge in [-0.3, -0.25) is 0 Å². The third kappa shape index (κ3) is 6.04. The highest BCUT2D eigenvalue weighted by Gasteiger charge is 2.21. The maximum Gasteiger partial charge on any atom is 0.326 e. The number of carboxylic acid groups (broad SMARTS) is 1. The molecule has 0 aliphatic heterocycles. The van der Waals surface area contributed by atoms with E-state index in [1.807, 2.05) is 19.1 Å². The van der Waals surface area contributed by atoms with Gasteiger partial charge >= 0.3 is 12.0 Å². The molecule has 1 aromatic carbocycles. The molecule has 1 aromatic rings. The number of nitrogens with one attached hydrogen (secondary N) is 1. The van der Waals surface area contributed by atoms with Crippen molar-refractivity contribution in [1.29, 1.82) is 0 Å². The number of halogens is 1. The van der Waals surface area contributed by atoms with Crippen molar-refractivity contribution >= 4 is 23.6 Å². The molecule has 1 rings (SSSR count). The van der Waals surface area contributed by atoms with Crippen LogP contribution < -0.4 is 5.32 Å². The Labute approximate surface area is 129 Å². The normalized spacial score (nSPS) is 11.8. The first kappa shape index (κ1) is 17.3. The molecule has 0 heterocycles. The van der Waals surface area contributed by atoms with Gasteiger partial charge in [-0.1, -0.05) is 43.5 Å². The maximum atomic E-state index is 12.0. The van der Waals surface area contributed by atoms with Crippen LogP contribution in [-0.4, -0.2) is 35.1 Å². The Hall–Kier alpha value is -1.75. The van der Waals surface area contributed by atoms with Crippen molar-refractivity contribution in [3.63, 3.8) is 0 Å². The number of nitrogens with zero attached hydrogens (tertiary/aromatic N) is 1. The molecule has 0 fully saturated rings. The summed E-state index contributed by atoms with van der Waals surface area (Å²) >= 11 is 5.80. The standard InChI is InChI=1S/C15H21ClN2O3/c1-3-4-5-13(14(19)20)17-15(21)18(2)10-11-6-8-12(16)9-7-11/h6-9,13H,3-5,10H2,1-2H3,(H,17,21)(H,19,20)/t13-/m0/s1. The van der Waals surface area contributed by atoms with E-state index < -0.39 is 18.0 Å². The van der Waals surface area contributed by atoms with Gasteiger partial charge in [-0.2, -0.15) is 0 Å². The summed E-state index contributed by atoms with van der Waals surface area (Å²) in [6.45, 7) is 2.37. The molecular weight excluding hydrogens is 292 g/mol. The van der Waals surface area contributed by atoms with Crippen molar-refractivity contribution in [2.45, 2.75) is 38.8 Å². The zero-order chi connectivity index (χ0) is 15.8. The largest absolute Gasteiger partial charge is 0.480 e. The molecule has 0 spiro atoms. The van der Waals surface area contributed by atoms with Gasteiger partial charge < -0.3 is 15.3 Å². The second-order valence-corrected chi connectivity index (χ2v) is 5.40. The second kappa shape index (κ2) is 8.52. The maximum absolute atomic E-state index is 12.0. The number of benzene rings is 1. The van der Waals surface area contributed by atoms with Crippen LogP contribution in [0.15, 0.2) is 24.3 Å². The lowest BCUT2D eigenvalue weighted by Crippen LogP contribution is -2.46. The van der Waals surface area contributed by atoms with E-state index in [-0.39, 0.29) is 0 Å². The number of carbonyl (C=O) groups is 2. The summed E-state index contributed by atoms with van der Waals surface area (Å²) in [5.74, 6) is -1.00. The van der Waals surface area contributed by atoms with E-state index in [0.29, 0.717) is 18.0 Å². The predicted octanol–water partition coefficient (Wildman–Crippen LogP) is 3.12. The molecule has 21 heavy (non-hydrogen) atoms. The van der Waals surface area contributed by atoms with Crippen molar-refractivity contribution in [3.8, 4) is 0 Å². The Kier molecular flexibility index (Phi) is 7.02. The summed E-state index contributed by atoms with van der Waals surface area (Å²) in [4.78, 5) is 24.6. The van der Waals surface area contributed by atoms with Crippen LogP contribution in [0.2, 0.25) is 5.02 Å². The van der Waals surface area contributed by atoms with Gasteiger partial charge in [0, 0.05) is 18.6 Å². The lowest BCUT2D eigenvalue weighted by Gasteiger charge is -2.21. The zero-order valence-corrected chi connectivity index (χ0v) is 13.1. The van der Waals surface area contributed by atoms with E-state index in [9.17, 15) is 9.59 Å². The fourth-order valence-corrected chi connectivity index (χ4v) is 1.99. The Bertz CT molecular complexity index is 476. The van der Waals surface area contributed by atoms with E-state index in [2.05, 4.69) is 5.32 Å². The quantitative estimate of drug-likeness (QED) is 0.812. The number of hydrogen-bond donors (Lipinski definition) is 2. The lowest BCUT2D eigenvalue weighted by molar-refractivity contribution is -0.139. The number of urea groups is 1. The fourth-order valence-electron chi connectivity index (χ4n) is 1.86. The SMILES string of the molecule is CCCC[C@H](NC(=O)N(C)Cc1ccc(Cl)cc1)C(=O)O. The van der Waals surface area contributed by atoms with Crippen LogP contribution in [0.3, 0.4) is 0 Å². The molecule has 2 N–H and O–H groups in total. The summed E-state index contributed by atoms with van der Waals surface area (Å²) in [5, 5.41) is 12.3. The van der Waals surface area contributed by atoms with Crippen molar-refractivity contribution in [3.05, 3.63) is 34.9 Å². The molecule has 0 unspecified atom stereocenters. The van der Waals surface area contributed by atoms with Crippen molar-refractivity contribution in [2.24, 2.45) is 0 Å². The molecule has 2 amide bonds. The Morgan fingerprint density at radius 1 is 1.33 bits per heavy atom. The first-order valence-corrected chi connectivity index (χ1v) is 7.30. The molecule has 0 aromatic heterocycles. The first-order valence-electron chi connectivity index (χ1n) is 6.93. The molecule has 0 aliphatic carbocycles. The van der Waals surface area contributed by atoms with Gasteiger partial charge in [0.15, 0.2) is 0 Å². The average Bonchev–Trinajstić information content (AvgIpc) is 2.45. The van der Waals surface area contributed by atoms with Crippen molar-refractivity contribution in [2.75, 3.05) is 7.05 Å². The third-order valence-electron chi connectivity index (χ3n) is 3.12. The summed E-state index contributed by atoms with van der Waals surface area (Å²) in [7, 11) is 1.63. The number of amides is 2. The zero-order valence-electron chi connectivity index (χ0n) is 12.3. The highest BCUT2D eigenvalue weighted by Crippen LogP contribution is 2.11. The third-order valence-corrected chi connectivity index (χ3v) is 3.37. The molecule has 116 valence electrons. The van der Waals surface area contributed by atoms with Gasteiger partial charge in [-0.25, -0.2) is 9.59 Å². The Morgan fingerprint density at radius 3 is 2.48 bits per heavy atom. The summed E-state index contributed by atoms with van der Waals surface area (Å²) in [6, 6.07) is 5.93. The number of hydrogen-bond acceptors (Lipinski definition) is 2. The number of rotatable bonds is 7. The number of aliphatic carboxylic acids is 1. The molecule has 0 radical (unpaired) electrons. The van der Waals surface area contributed by atoms with Crippen LogP contribution >= 0.6 is 11.6 Å². The Morgan fingerprint density at radius 2 is 1.95 bits per heavy atom. The van der Waals surface area contributed by atoms with Crippen LogP contribution in [0.25, 0.3) is 0 Å². The van der Waals surface area contributed by atoms with E-state index in [1.165, 1.54) is 4.90 Å². The average molecular weight is 313 g/mol. The number of carboxylic acids is 1. The van der Waals surface area contributed by atoms with E-state index in [0.717, 1.165) is 18.4 Å². The molecule has 0 saturated heterocycles. The highest BCUT2D eigenvalue weighted by molar-refractivity contribution is 6.30. The van der Waals surface area contributed by atoms with Crippen LogP contribution in [0.4, 0.5) is 4.79 Å². The topological polar surface area (TPSA) is 69.6 Å². The van der Waals surface area contributed by atoms with Gasteiger partial charge in [0.05, 0.1) is 0 Å². The molecule has 6 heteroatoms. The minimum atomic E-state index is -1.00. The molecule has 0 aliphatic rings. The minimum absolute atomic E-state index is 0.392. The lowest BCUT2D eigenvalue weighted by atomic mass is 10.1. The molecular formula is C15H21ClN2O3. The first-order chi connectivity index (χ1) is 9.93. The number of carbonyl (C=O) groups excluding carboxylic acids is 1. The van der Waals surface area contributed by atoms with Crippen molar-refractivity contribution in [1.82, 2.24) is 10.2 Å². The molecule has 0 saturated carbocycles. The van der Waals surface area contributed by atoms with E-state index in [4.69, 9.17) is 16.7 Å². The minimum Gasteiger partial charge on any atom is -0.480 e. The van der Waals surface area contributed by atoms with Gasteiger partial charge in [0.25, 0.3) is 0 Å². The fraction of sp³-hybridized carbons (Fsp3) is 0.467. The van der Waals surface area contributed by atoms with Crippen molar-refractivity contribution < 1.29 is 14.7 Å². The van der Waals surface area contributed by atoms with Crippen LogP contribution in [0.1, 0.15) is 31.7 Å². The summed E-state index contributed by atoms with van der Waals surface area (Å²) < 4.78 is 0. The Balaban J connectivity index is 2.56. The molecule has 0 bridgehead atoms. The van der Waals surface area contributed by atoms with Crippen LogP contribution in [0, 0.1) is 0 Å². The van der Waals surface area contributed by atoms with Crippen LogP contribution in [-0.2, 0) is 11.3 Å². The second-order valence-electron chi connectivity index (χ2n) is 4.97. The van der Waals surface area contributed by atoms with E-state index >= 15 is 0 Å². The molecule has 5 nitrogen and oxygen atoms in total. The predicted molar refractivity (Wildman–Crippen MR) is 82.4 cm³/mol. The highest BCUT2D eigenvalue weighted by atomic mass is 35.5. The molecule has 1 atom stereocenters. The van der Waals surface area contributed by atoms with Crippen LogP contribution in [0.5, 0.6) is 0 Å². The summed E-state index contributed by atoms with van der Waals surface area (Å²) in [6.07, 6.45) is 2.09. The number of unbranched alkanes of at least 4 members (excludes halogenated alkanes) is 1. The smallest absolute Gasteiger partial charge is 0.326 e. The van der Waals surface area contributed by atoms with Gasteiger partial charge in [0.2, 0.25) is 0 Å². The monoisotopic (exact) mass is 312 g/mol. The van der Waals surface area contributed by atoms with Gasteiger partial charge in [-0.05, 0) is 24.1 Å².